The molecule has 2 atom stereocenters. The first-order chi connectivity index (χ1) is 7.27. The quantitative estimate of drug-likeness (QED) is 0.674. The van der Waals surface area contributed by atoms with Crippen LogP contribution in [0, 0.1) is 0 Å². The maximum atomic E-state index is 9.89. The largest absolute Gasteiger partial charge is 0.506 e. The van der Waals surface area contributed by atoms with E-state index in [2.05, 4.69) is 11.0 Å². The number of aromatic hydroxyl groups is 1. The zero-order valence-corrected chi connectivity index (χ0v) is 8.69. The number of phenolic OH excluding ortho intramolecular Hbond substituents is 1. The van der Waals surface area contributed by atoms with Gasteiger partial charge in [0.1, 0.15) is 5.75 Å². The molecule has 80 valence electrons. The van der Waals surface area contributed by atoms with Gasteiger partial charge in [-0.1, -0.05) is 12.1 Å². The lowest BCUT2D eigenvalue weighted by Gasteiger charge is -2.37. The number of fused-ring (bicyclic) bond motifs is 3. The van der Waals surface area contributed by atoms with Crippen molar-refractivity contribution in [3.63, 3.8) is 0 Å². The lowest BCUT2D eigenvalue weighted by Crippen LogP contribution is -2.49. The SMILES string of the molecule is NC1CCCC2Cc3cccc(O)c3N12. The number of para-hydroxylation sites is 1. The highest BCUT2D eigenvalue weighted by molar-refractivity contribution is 5.68. The molecule has 0 amide bonds. The number of anilines is 1. The van der Waals surface area contributed by atoms with Gasteiger partial charge in [-0.3, -0.25) is 0 Å². The van der Waals surface area contributed by atoms with Gasteiger partial charge in [-0.25, -0.2) is 0 Å². The van der Waals surface area contributed by atoms with E-state index >= 15 is 0 Å². The topological polar surface area (TPSA) is 49.5 Å². The van der Waals surface area contributed by atoms with Crippen molar-refractivity contribution in [2.24, 2.45) is 5.73 Å². The number of rotatable bonds is 0. The Kier molecular flexibility index (Phi) is 1.89. The molecule has 1 aromatic rings. The van der Waals surface area contributed by atoms with Gasteiger partial charge in [0.2, 0.25) is 0 Å². The van der Waals surface area contributed by atoms with Gasteiger partial charge in [0.15, 0.2) is 0 Å². The minimum Gasteiger partial charge on any atom is -0.506 e. The van der Waals surface area contributed by atoms with E-state index in [4.69, 9.17) is 5.73 Å². The standard InChI is InChI=1S/C12H16N2O/c13-11-6-2-4-9-7-8-3-1-5-10(15)12(8)14(9)11/h1,3,5,9,11,15H,2,4,6-7,13H2. The highest BCUT2D eigenvalue weighted by Gasteiger charge is 2.36. The van der Waals surface area contributed by atoms with Crippen LogP contribution in [0.5, 0.6) is 5.75 Å². The molecule has 2 aliphatic rings. The number of nitrogens with zero attached hydrogens (tertiary/aromatic N) is 1. The van der Waals surface area contributed by atoms with Gasteiger partial charge in [-0.05, 0) is 37.3 Å². The minimum absolute atomic E-state index is 0.0818. The predicted octanol–water partition coefficient (Wildman–Crippen LogP) is 1.59. The second-order valence-corrected chi connectivity index (χ2v) is 4.55. The summed E-state index contributed by atoms with van der Waals surface area (Å²) in [6.07, 6.45) is 4.55. The number of hydrogen-bond donors (Lipinski definition) is 2. The van der Waals surface area contributed by atoms with E-state index < -0.39 is 0 Å². The number of nitrogens with two attached hydrogens (primary N) is 1. The van der Waals surface area contributed by atoms with E-state index in [0.717, 1.165) is 18.5 Å². The molecule has 0 radical (unpaired) electrons. The summed E-state index contributed by atoms with van der Waals surface area (Å²) in [7, 11) is 0. The first-order valence-corrected chi connectivity index (χ1v) is 5.62. The second-order valence-electron chi connectivity index (χ2n) is 4.55. The van der Waals surface area contributed by atoms with Gasteiger partial charge in [0, 0.05) is 6.04 Å². The summed E-state index contributed by atoms with van der Waals surface area (Å²) < 4.78 is 0. The van der Waals surface area contributed by atoms with Gasteiger partial charge in [-0.2, -0.15) is 0 Å². The molecule has 1 fully saturated rings. The lowest BCUT2D eigenvalue weighted by molar-refractivity contribution is 0.395. The number of phenols is 1. The molecule has 3 rings (SSSR count). The highest BCUT2D eigenvalue weighted by Crippen LogP contribution is 2.43. The average Bonchev–Trinajstić information content (AvgIpc) is 2.58. The third-order valence-corrected chi connectivity index (χ3v) is 3.60. The van der Waals surface area contributed by atoms with Crippen LogP contribution < -0.4 is 10.6 Å². The molecular weight excluding hydrogens is 188 g/mol. The maximum absolute atomic E-state index is 9.89. The molecule has 0 aliphatic carbocycles. The molecule has 15 heavy (non-hydrogen) atoms. The molecule has 2 heterocycles. The Balaban J connectivity index is 2.08. The lowest BCUT2D eigenvalue weighted by atomic mass is 10.00. The first kappa shape index (κ1) is 9.04. The summed E-state index contributed by atoms with van der Waals surface area (Å²) in [5.41, 5.74) is 8.35. The van der Waals surface area contributed by atoms with Crippen LogP contribution in [0.15, 0.2) is 18.2 Å². The Hall–Kier alpha value is -1.22. The first-order valence-electron chi connectivity index (χ1n) is 5.62. The van der Waals surface area contributed by atoms with Crippen LogP contribution >= 0.6 is 0 Å². The van der Waals surface area contributed by atoms with Crippen LogP contribution in [-0.4, -0.2) is 17.3 Å². The van der Waals surface area contributed by atoms with Crippen molar-refractivity contribution in [3.8, 4) is 5.75 Å². The molecule has 0 saturated carbocycles. The smallest absolute Gasteiger partial charge is 0.139 e. The fourth-order valence-corrected chi connectivity index (χ4v) is 2.95. The molecule has 1 saturated heterocycles. The molecule has 2 unspecified atom stereocenters. The summed E-state index contributed by atoms with van der Waals surface area (Å²) in [5, 5.41) is 9.89. The Bertz CT molecular complexity index is 391. The minimum atomic E-state index is 0.0818. The third kappa shape index (κ3) is 1.23. The Morgan fingerprint density at radius 1 is 1.33 bits per heavy atom. The summed E-state index contributed by atoms with van der Waals surface area (Å²) in [4.78, 5) is 2.22. The molecular formula is C12H16N2O. The molecule has 3 nitrogen and oxygen atoms in total. The summed E-state index contributed by atoms with van der Waals surface area (Å²) in [6.45, 7) is 0. The number of hydrogen-bond acceptors (Lipinski definition) is 3. The van der Waals surface area contributed by atoms with Crippen LogP contribution in [0.4, 0.5) is 5.69 Å². The van der Waals surface area contributed by atoms with Gasteiger partial charge >= 0.3 is 0 Å². The van der Waals surface area contributed by atoms with E-state index in [0.29, 0.717) is 11.8 Å². The van der Waals surface area contributed by atoms with Gasteiger partial charge < -0.3 is 15.7 Å². The normalized spacial score (nSPS) is 28.7. The monoisotopic (exact) mass is 204 g/mol. The number of benzene rings is 1. The Labute approximate surface area is 89.5 Å². The van der Waals surface area contributed by atoms with Crippen molar-refractivity contribution < 1.29 is 5.11 Å². The molecule has 1 aromatic carbocycles. The molecule has 0 bridgehead atoms. The number of piperidine rings is 1. The third-order valence-electron chi connectivity index (χ3n) is 3.60. The van der Waals surface area contributed by atoms with Crippen LogP contribution in [0.2, 0.25) is 0 Å². The molecule has 0 spiro atoms. The summed E-state index contributed by atoms with van der Waals surface area (Å²) >= 11 is 0. The zero-order valence-electron chi connectivity index (χ0n) is 8.69. The van der Waals surface area contributed by atoms with E-state index in [1.807, 2.05) is 6.07 Å². The maximum Gasteiger partial charge on any atom is 0.139 e. The molecule has 3 N–H and O–H groups in total. The van der Waals surface area contributed by atoms with Crippen molar-refractivity contribution in [3.05, 3.63) is 23.8 Å². The summed E-state index contributed by atoms with van der Waals surface area (Å²) in [6, 6.07) is 6.28. The summed E-state index contributed by atoms with van der Waals surface area (Å²) in [5.74, 6) is 0.382. The Morgan fingerprint density at radius 3 is 3.07 bits per heavy atom. The molecule has 0 aromatic heterocycles. The Morgan fingerprint density at radius 2 is 2.20 bits per heavy atom. The van der Waals surface area contributed by atoms with Crippen molar-refractivity contribution in [2.75, 3.05) is 4.90 Å². The van der Waals surface area contributed by atoms with Crippen LogP contribution in [0.3, 0.4) is 0 Å². The van der Waals surface area contributed by atoms with Crippen molar-refractivity contribution >= 4 is 5.69 Å². The van der Waals surface area contributed by atoms with Crippen LogP contribution in [0.1, 0.15) is 24.8 Å². The average molecular weight is 204 g/mol. The van der Waals surface area contributed by atoms with E-state index in [1.165, 1.54) is 18.4 Å². The van der Waals surface area contributed by atoms with Gasteiger partial charge in [-0.15, -0.1) is 0 Å². The fraction of sp³-hybridized carbons (Fsp3) is 0.500. The van der Waals surface area contributed by atoms with Crippen molar-refractivity contribution in [2.45, 2.75) is 37.9 Å². The van der Waals surface area contributed by atoms with Crippen molar-refractivity contribution in [1.29, 1.82) is 0 Å². The van der Waals surface area contributed by atoms with E-state index in [-0.39, 0.29) is 6.17 Å². The predicted molar refractivity (Wildman–Crippen MR) is 59.9 cm³/mol. The molecule has 3 heteroatoms. The molecule has 2 aliphatic heterocycles. The van der Waals surface area contributed by atoms with Crippen LogP contribution in [0.25, 0.3) is 0 Å². The van der Waals surface area contributed by atoms with E-state index in [9.17, 15) is 5.11 Å². The highest BCUT2D eigenvalue weighted by atomic mass is 16.3. The second kappa shape index (κ2) is 3.14. The van der Waals surface area contributed by atoms with Gasteiger partial charge in [0.25, 0.3) is 0 Å². The van der Waals surface area contributed by atoms with Crippen molar-refractivity contribution in [1.82, 2.24) is 0 Å². The fourth-order valence-electron chi connectivity index (χ4n) is 2.95. The van der Waals surface area contributed by atoms with Gasteiger partial charge in [0.05, 0.1) is 11.9 Å². The zero-order chi connectivity index (χ0) is 10.4. The van der Waals surface area contributed by atoms with E-state index in [1.54, 1.807) is 6.07 Å². The van der Waals surface area contributed by atoms with Crippen LogP contribution in [-0.2, 0) is 6.42 Å².